The SMILES string of the molecule is COC(=O)c1c(C)oc(C)c1S(=O)(=O)N1CCN(C(=O)CSCc2cccnc2)CC1. The van der Waals surface area contributed by atoms with Crippen LogP contribution in [0.1, 0.15) is 27.4 Å². The van der Waals surface area contributed by atoms with E-state index in [1.807, 2.05) is 12.1 Å². The highest BCUT2D eigenvalue weighted by Gasteiger charge is 2.37. The second-order valence-corrected chi connectivity index (χ2v) is 9.91. The van der Waals surface area contributed by atoms with Gasteiger partial charge in [0.25, 0.3) is 0 Å². The number of sulfonamides is 1. The lowest BCUT2D eigenvalue weighted by Gasteiger charge is -2.34. The normalized spacial score (nSPS) is 15.1. The Labute approximate surface area is 185 Å². The average molecular weight is 468 g/mol. The van der Waals surface area contributed by atoms with Gasteiger partial charge in [-0.05, 0) is 25.5 Å². The molecule has 11 heteroatoms. The number of furan rings is 1. The Bertz CT molecular complexity index is 1040. The lowest BCUT2D eigenvalue weighted by molar-refractivity contribution is -0.129. The molecule has 0 aliphatic carbocycles. The smallest absolute Gasteiger partial charge is 0.342 e. The molecular formula is C20H25N3O6S2. The van der Waals surface area contributed by atoms with Crippen LogP contribution in [0.25, 0.3) is 0 Å². The molecule has 3 heterocycles. The highest BCUT2D eigenvalue weighted by Crippen LogP contribution is 2.30. The molecule has 3 rings (SSSR count). The first-order valence-electron chi connectivity index (χ1n) is 9.68. The summed E-state index contributed by atoms with van der Waals surface area (Å²) in [6.07, 6.45) is 3.47. The Morgan fingerprint density at radius 1 is 1.19 bits per heavy atom. The molecule has 31 heavy (non-hydrogen) atoms. The molecule has 0 spiro atoms. The van der Waals surface area contributed by atoms with Crippen molar-refractivity contribution in [2.24, 2.45) is 0 Å². The quantitative estimate of drug-likeness (QED) is 0.568. The second kappa shape index (κ2) is 9.84. The zero-order valence-corrected chi connectivity index (χ0v) is 19.3. The summed E-state index contributed by atoms with van der Waals surface area (Å²) in [6, 6.07) is 3.81. The van der Waals surface area contributed by atoms with Crippen LogP contribution in [0.4, 0.5) is 0 Å². The van der Waals surface area contributed by atoms with E-state index in [9.17, 15) is 18.0 Å². The summed E-state index contributed by atoms with van der Waals surface area (Å²) in [5, 5.41) is 0. The highest BCUT2D eigenvalue weighted by molar-refractivity contribution is 7.99. The Kier molecular flexibility index (Phi) is 7.39. The minimum atomic E-state index is -3.97. The van der Waals surface area contributed by atoms with Crippen molar-refractivity contribution in [3.05, 3.63) is 47.2 Å². The van der Waals surface area contributed by atoms with Gasteiger partial charge in [-0.25, -0.2) is 13.2 Å². The predicted octanol–water partition coefficient (Wildman–Crippen LogP) is 1.84. The molecule has 0 radical (unpaired) electrons. The number of carbonyl (C=O) groups is 2. The van der Waals surface area contributed by atoms with E-state index in [1.165, 1.54) is 37.0 Å². The van der Waals surface area contributed by atoms with E-state index in [0.717, 1.165) is 5.56 Å². The third-order valence-corrected chi connectivity index (χ3v) is 8.04. The molecule has 0 saturated carbocycles. The summed E-state index contributed by atoms with van der Waals surface area (Å²) in [5.74, 6) is 0.548. The molecule has 0 bridgehead atoms. The van der Waals surface area contributed by atoms with Crippen molar-refractivity contribution in [3.63, 3.8) is 0 Å². The number of hydrogen-bond acceptors (Lipinski definition) is 8. The summed E-state index contributed by atoms with van der Waals surface area (Å²) in [6.45, 7) is 3.89. The second-order valence-electron chi connectivity index (χ2n) is 7.05. The van der Waals surface area contributed by atoms with E-state index in [4.69, 9.17) is 9.15 Å². The van der Waals surface area contributed by atoms with Gasteiger partial charge in [0, 0.05) is 44.3 Å². The molecule has 2 aromatic heterocycles. The van der Waals surface area contributed by atoms with Crippen molar-refractivity contribution >= 4 is 33.7 Å². The predicted molar refractivity (Wildman–Crippen MR) is 115 cm³/mol. The maximum atomic E-state index is 13.2. The first-order chi connectivity index (χ1) is 14.8. The van der Waals surface area contributed by atoms with Gasteiger partial charge in [-0.15, -0.1) is 11.8 Å². The van der Waals surface area contributed by atoms with Crippen molar-refractivity contribution in [1.29, 1.82) is 0 Å². The van der Waals surface area contributed by atoms with Gasteiger partial charge >= 0.3 is 5.97 Å². The topological polar surface area (TPSA) is 110 Å². The van der Waals surface area contributed by atoms with Gasteiger partial charge in [-0.2, -0.15) is 4.31 Å². The van der Waals surface area contributed by atoms with E-state index < -0.39 is 16.0 Å². The van der Waals surface area contributed by atoms with Crippen molar-refractivity contribution in [1.82, 2.24) is 14.2 Å². The number of piperazine rings is 1. The van der Waals surface area contributed by atoms with E-state index in [2.05, 4.69) is 4.98 Å². The number of aryl methyl sites for hydroxylation is 2. The number of methoxy groups -OCH3 is 1. The molecule has 168 valence electrons. The van der Waals surface area contributed by atoms with Crippen LogP contribution in [0.15, 0.2) is 33.8 Å². The average Bonchev–Trinajstić information content (AvgIpc) is 3.08. The first-order valence-corrected chi connectivity index (χ1v) is 12.3. The number of thioether (sulfide) groups is 1. The molecule has 1 saturated heterocycles. The number of ether oxygens (including phenoxy) is 1. The zero-order valence-electron chi connectivity index (χ0n) is 17.7. The molecule has 1 fully saturated rings. The number of carbonyl (C=O) groups excluding carboxylic acids is 2. The molecule has 1 aliphatic rings. The summed E-state index contributed by atoms with van der Waals surface area (Å²) in [4.78, 5) is 30.2. The van der Waals surface area contributed by atoms with Crippen molar-refractivity contribution < 1.29 is 27.2 Å². The number of aromatic nitrogens is 1. The van der Waals surface area contributed by atoms with E-state index in [0.29, 0.717) is 11.5 Å². The lowest BCUT2D eigenvalue weighted by Crippen LogP contribution is -2.51. The number of rotatable bonds is 7. The van der Waals surface area contributed by atoms with Gasteiger partial charge in [0.05, 0.1) is 12.9 Å². The largest absolute Gasteiger partial charge is 0.465 e. The van der Waals surface area contributed by atoms with Crippen molar-refractivity contribution in [3.8, 4) is 0 Å². The molecule has 2 aromatic rings. The molecule has 9 nitrogen and oxygen atoms in total. The van der Waals surface area contributed by atoms with Crippen LogP contribution in [-0.2, 0) is 25.3 Å². The van der Waals surface area contributed by atoms with Gasteiger partial charge in [-0.3, -0.25) is 9.78 Å². The number of esters is 1. The fourth-order valence-corrected chi connectivity index (χ4v) is 6.11. The van der Waals surface area contributed by atoms with Crippen LogP contribution < -0.4 is 0 Å². The summed E-state index contributed by atoms with van der Waals surface area (Å²) in [5.41, 5.74) is 0.966. The van der Waals surface area contributed by atoms with Crippen LogP contribution in [0.5, 0.6) is 0 Å². The molecule has 1 aliphatic heterocycles. The molecule has 1 amide bonds. The van der Waals surface area contributed by atoms with Gasteiger partial charge in [0.2, 0.25) is 15.9 Å². The van der Waals surface area contributed by atoms with Crippen LogP contribution in [0.2, 0.25) is 0 Å². The Morgan fingerprint density at radius 2 is 1.90 bits per heavy atom. The molecule has 0 aromatic carbocycles. The minimum absolute atomic E-state index is 0.0310. The van der Waals surface area contributed by atoms with Crippen LogP contribution >= 0.6 is 11.8 Å². The number of pyridine rings is 1. The van der Waals surface area contributed by atoms with Crippen LogP contribution in [-0.4, -0.2) is 73.5 Å². The summed E-state index contributed by atoms with van der Waals surface area (Å²) < 4.78 is 37.8. The first kappa shape index (κ1) is 23.3. The fraction of sp³-hybridized carbons (Fsp3) is 0.450. The maximum absolute atomic E-state index is 13.2. The number of hydrogen-bond donors (Lipinski definition) is 0. The Hall–Kier alpha value is -2.37. The zero-order chi connectivity index (χ0) is 22.6. The molecular weight excluding hydrogens is 442 g/mol. The third-order valence-electron chi connectivity index (χ3n) is 5.00. The minimum Gasteiger partial charge on any atom is -0.465 e. The monoisotopic (exact) mass is 467 g/mol. The molecule has 0 unspecified atom stereocenters. The lowest BCUT2D eigenvalue weighted by atomic mass is 10.2. The van der Waals surface area contributed by atoms with E-state index >= 15 is 0 Å². The molecule has 0 N–H and O–H groups in total. The van der Waals surface area contributed by atoms with Gasteiger partial charge in [0.15, 0.2) is 0 Å². The fourth-order valence-electron chi connectivity index (χ4n) is 3.45. The number of nitrogens with zero attached hydrogens (tertiary/aromatic N) is 3. The van der Waals surface area contributed by atoms with E-state index in [1.54, 1.807) is 17.3 Å². The summed E-state index contributed by atoms with van der Waals surface area (Å²) >= 11 is 1.50. The summed E-state index contributed by atoms with van der Waals surface area (Å²) in [7, 11) is -2.78. The Balaban J connectivity index is 1.61. The standard InChI is InChI=1S/C20H25N3O6S2/c1-14-18(20(25)28-3)19(15(2)29-14)31(26,27)23-9-7-22(8-10-23)17(24)13-30-12-16-5-4-6-21-11-16/h4-6,11H,7-10,12-13H2,1-3H3. The highest BCUT2D eigenvalue weighted by atomic mass is 32.2. The van der Waals surface area contributed by atoms with Gasteiger partial charge < -0.3 is 14.1 Å². The molecule has 0 atom stereocenters. The van der Waals surface area contributed by atoms with Gasteiger partial charge in [0.1, 0.15) is 22.0 Å². The number of amides is 1. The van der Waals surface area contributed by atoms with Crippen molar-refractivity contribution in [2.45, 2.75) is 24.5 Å². The van der Waals surface area contributed by atoms with Crippen LogP contribution in [0, 0.1) is 13.8 Å². The van der Waals surface area contributed by atoms with E-state index in [-0.39, 0.29) is 54.1 Å². The van der Waals surface area contributed by atoms with Gasteiger partial charge in [-0.1, -0.05) is 6.07 Å². The maximum Gasteiger partial charge on any atom is 0.342 e. The Morgan fingerprint density at radius 3 is 2.52 bits per heavy atom. The third kappa shape index (κ3) is 5.10. The van der Waals surface area contributed by atoms with Crippen LogP contribution in [0.3, 0.4) is 0 Å². The van der Waals surface area contributed by atoms with Crippen molar-refractivity contribution in [2.75, 3.05) is 39.0 Å².